The van der Waals surface area contributed by atoms with E-state index in [1.54, 1.807) is 19.4 Å². The lowest BCUT2D eigenvalue weighted by Gasteiger charge is -2.26. The molecule has 0 spiro atoms. The van der Waals surface area contributed by atoms with Gasteiger partial charge in [-0.25, -0.2) is 0 Å². The van der Waals surface area contributed by atoms with Crippen molar-refractivity contribution in [3.63, 3.8) is 0 Å². The molecule has 23 heavy (non-hydrogen) atoms. The van der Waals surface area contributed by atoms with E-state index < -0.39 is 0 Å². The Morgan fingerprint density at radius 2 is 2.22 bits per heavy atom. The highest BCUT2D eigenvalue weighted by Gasteiger charge is 2.10. The van der Waals surface area contributed by atoms with Crippen LogP contribution in [0.15, 0.2) is 18.3 Å². The van der Waals surface area contributed by atoms with E-state index in [9.17, 15) is 4.79 Å². The highest BCUT2D eigenvalue weighted by molar-refractivity contribution is 5.93. The van der Waals surface area contributed by atoms with Crippen LogP contribution < -0.4 is 10.6 Å². The number of aromatic nitrogens is 1. The van der Waals surface area contributed by atoms with Gasteiger partial charge < -0.3 is 20.1 Å². The number of amides is 1. The third-order valence-corrected chi connectivity index (χ3v) is 3.66. The summed E-state index contributed by atoms with van der Waals surface area (Å²) in [6, 6.07) is 3.66. The molecule has 7 nitrogen and oxygen atoms in total. The summed E-state index contributed by atoms with van der Waals surface area (Å²) in [5, 5.41) is 6.18. The van der Waals surface area contributed by atoms with Crippen molar-refractivity contribution in [3.8, 4) is 0 Å². The Bertz CT molecular complexity index is 478. The second-order valence-corrected chi connectivity index (χ2v) is 5.41. The largest absolute Gasteiger partial charge is 0.385 e. The lowest BCUT2D eigenvalue weighted by Crippen LogP contribution is -2.39. The van der Waals surface area contributed by atoms with Gasteiger partial charge in [0.15, 0.2) is 0 Å². The fourth-order valence-corrected chi connectivity index (χ4v) is 2.36. The van der Waals surface area contributed by atoms with Crippen molar-refractivity contribution in [2.75, 3.05) is 65.0 Å². The molecule has 1 saturated heterocycles. The molecule has 1 aliphatic heterocycles. The van der Waals surface area contributed by atoms with Gasteiger partial charge in [-0.1, -0.05) is 0 Å². The van der Waals surface area contributed by atoms with Crippen LogP contribution in [0.5, 0.6) is 0 Å². The van der Waals surface area contributed by atoms with Crippen molar-refractivity contribution >= 4 is 11.6 Å². The maximum Gasteiger partial charge on any atom is 0.269 e. The van der Waals surface area contributed by atoms with Crippen molar-refractivity contribution in [2.24, 2.45) is 0 Å². The number of nitrogens with one attached hydrogen (secondary N) is 2. The van der Waals surface area contributed by atoms with Gasteiger partial charge in [-0.05, 0) is 18.6 Å². The summed E-state index contributed by atoms with van der Waals surface area (Å²) < 4.78 is 10.3. The summed E-state index contributed by atoms with van der Waals surface area (Å²) in [5.74, 6) is -0.155. The van der Waals surface area contributed by atoms with E-state index in [4.69, 9.17) is 9.47 Å². The van der Waals surface area contributed by atoms with Crippen molar-refractivity contribution in [1.29, 1.82) is 0 Å². The molecule has 2 N–H and O–H groups in total. The maximum atomic E-state index is 12.0. The van der Waals surface area contributed by atoms with Gasteiger partial charge >= 0.3 is 0 Å². The summed E-state index contributed by atoms with van der Waals surface area (Å²) in [7, 11) is 1.65. The number of methoxy groups -OCH3 is 1. The van der Waals surface area contributed by atoms with Gasteiger partial charge in [0.2, 0.25) is 0 Å². The van der Waals surface area contributed by atoms with Crippen LogP contribution in [0.2, 0.25) is 0 Å². The van der Waals surface area contributed by atoms with E-state index in [0.717, 1.165) is 51.5 Å². The number of hydrogen-bond donors (Lipinski definition) is 2. The Morgan fingerprint density at radius 1 is 1.39 bits per heavy atom. The molecule has 2 rings (SSSR count). The minimum absolute atomic E-state index is 0.155. The predicted molar refractivity (Wildman–Crippen MR) is 88.8 cm³/mol. The second kappa shape index (κ2) is 10.1. The Hall–Kier alpha value is -1.70. The maximum absolute atomic E-state index is 12.0. The van der Waals surface area contributed by atoms with Crippen LogP contribution in [0.1, 0.15) is 16.9 Å². The highest BCUT2D eigenvalue weighted by atomic mass is 16.5. The molecule has 128 valence electrons. The number of hydrogen-bond acceptors (Lipinski definition) is 6. The molecule has 0 unspecified atom stereocenters. The van der Waals surface area contributed by atoms with Gasteiger partial charge in [-0.15, -0.1) is 0 Å². The molecular formula is C16H26N4O3. The van der Waals surface area contributed by atoms with Gasteiger partial charge in [0.25, 0.3) is 5.91 Å². The molecule has 2 heterocycles. The Kier molecular flexibility index (Phi) is 7.79. The number of morpholine rings is 1. The fourth-order valence-electron chi connectivity index (χ4n) is 2.36. The molecule has 1 aromatic rings. The number of nitrogens with zero attached hydrogens (tertiary/aromatic N) is 2. The topological polar surface area (TPSA) is 75.7 Å². The van der Waals surface area contributed by atoms with Crippen LogP contribution in [0, 0.1) is 0 Å². The molecule has 1 amide bonds. The standard InChI is InChI=1S/C16H26N4O3/c1-22-10-2-4-19-16(21)15-13-14(3-5-18-15)17-6-7-20-8-11-23-12-9-20/h3,5,13H,2,4,6-12H2,1H3,(H,17,18)(H,19,21). The van der Waals surface area contributed by atoms with Crippen LogP contribution in [-0.4, -0.2) is 75.4 Å². The number of carbonyl (C=O) groups is 1. The van der Waals surface area contributed by atoms with E-state index >= 15 is 0 Å². The zero-order chi connectivity index (χ0) is 16.3. The average molecular weight is 322 g/mol. The summed E-state index contributed by atoms with van der Waals surface area (Å²) in [6.07, 6.45) is 2.45. The first-order valence-corrected chi connectivity index (χ1v) is 8.07. The molecule has 0 radical (unpaired) electrons. The quantitative estimate of drug-likeness (QED) is 0.648. The van der Waals surface area contributed by atoms with Gasteiger partial charge in [-0.3, -0.25) is 14.7 Å². The van der Waals surface area contributed by atoms with E-state index in [1.165, 1.54) is 0 Å². The van der Waals surface area contributed by atoms with Crippen LogP contribution in [-0.2, 0) is 9.47 Å². The average Bonchev–Trinajstić information content (AvgIpc) is 2.60. The van der Waals surface area contributed by atoms with Crippen LogP contribution in [0.25, 0.3) is 0 Å². The molecule has 1 aromatic heterocycles. The lowest BCUT2D eigenvalue weighted by molar-refractivity contribution is 0.0398. The minimum atomic E-state index is -0.155. The first kappa shape index (κ1) is 17.7. The van der Waals surface area contributed by atoms with Gasteiger partial charge in [-0.2, -0.15) is 0 Å². The molecule has 0 aromatic carbocycles. The number of anilines is 1. The Balaban J connectivity index is 1.73. The van der Waals surface area contributed by atoms with Gasteiger partial charge in [0, 0.05) is 58.3 Å². The highest BCUT2D eigenvalue weighted by Crippen LogP contribution is 2.08. The third-order valence-electron chi connectivity index (χ3n) is 3.66. The summed E-state index contributed by atoms with van der Waals surface area (Å²) in [4.78, 5) is 18.5. The smallest absolute Gasteiger partial charge is 0.269 e. The number of pyridine rings is 1. The molecule has 0 aliphatic carbocycles. The predicted octanol–water partition coefficient (Wildman–Crippen LogP) is 0.592. The van der Waals surface area contributed by atoms with Crippen molar-refractivity contribution in [1.82, 2.24) is 15.2 Å². The lowest BCUT2D eigenvalue weighted by atomic mass is 10.3. The van der Waals surface area contributed by atoms with Crippen LogP contribution >= 0.6 is 0 Å². The Labute approximate surface area is 137 Å². The van der Waals surface area contributed by atoms with E-state index in [-0.39, 0.29) is 5.91 Å². The van der Waals surface area contributed by atoms with E-state index in [1.807, 2.05) is 6.07 Å². The summed E-state index contributed by atoms with van der Waals surface area (Å²) in [5.41, 5.74) is 1.34. The minimum Gasteiger partial charge on any atom is -0.385 e. The molecule has 7 heteroatoms. The van der Waals surface area contributed by atoms with Crippen molar-refractivity contribution < 1.29 is 14.3 Å². The zero-order valence-electron chi connectivity index (χ0n) is 13.7. The first-order chi connectivity index (χ1) is 11.3. The monoisotopic (exact) mass is 322 g/mol. The second-order valence-electron chi connectivity index (χ2n) is 5.41. The van der Waals surface area contributed by atoms with Gasteiger partial charge in [0.1, 0.15) is 5.69 Å². The van der Waals surface area contributed by atoms with E-state index in [0.29, 0.717) is 18.8 Å². The van der Waals surface area contributed by atoms with Crippen LogP contribution in [0.4, 0.5) is 5.69 Å². The first-order valence-electron chi connectivity index (χ1n) is 8.07. The van der Waals surface area contributed by atoms with E-state index in [2.05, 4.69) is 20.5 Å². The number of carbonyl (C=O) groups excluding carboxylic acids is 1. The Morgan fingerprint density at radius 3 is 3.00 bits per heavy atom. The molecule has 1 fully saturated rings. The zero-order valence-corrected chi connectivity index (χ0v) is 13.7. The summed E-state index contributed by atoms with van der Waals surface area (Å²) in [6.45, 7) is 6.59. The molecule has 0 atom stereocenters. The normalized spacial score (nSPS) is 15.3. The SMILES string of the molecule is COCCCNC(=O)c1cc(NCCN2CCOCC2)ccn1. The molecule has 1 aliphatic rings. The fraction of sp³-hybridized carbons (Fsp3) is 0.625. The summed E-state index contributed by atoms with van der Waals surface area (Å²) >= 11 is 0. The molecule has 0 saturated carbocycles. The third kappa shape index (κ3) is 6.52. The van der Waals surface area contributed by atoms with Crippen LogP contribution in [0.3, 0.4) is 0 Å². The molecular weight excluding hydrogens is 296 g/mol. The van der Waals surface area contributed by atoms with Crippen molar-refractivity contribution in [2.45, 2.75) is 6.42 Å². The van der Waals surface area contributed by atoms with Gasteiger partial charge in [0.05, 0.1) is 13.2 Å². The molecule has 0 bridgehead atoms. The van der Waals surface area contributed by atoms with Crippen molar-refractivity contribution in [3.05, 3.63) is 24.0 Å². The number of ether oxygens (including phenoxy) is 2. The number of rotatable bonds is 9.